The summed E-state index contributed by atoms with van der Waals surface area (Å²) in [5.74, 6) is 0. The number of pyridine rings is 1. The van der Waals surface area contributed by atoms with Gasteiger partial charge in [0.1, 0.15) is 0 Å². The van der Waals surface area contributed by atoms with Crippen LogP contribution in [0.2, 0.25) is 0 Å². The van der Waals surface area contributed by atoms with E-state index < -0.39 is 0 Å². The normalized spacial score (nSPS) is 11.9. The Labute approximate surface area is 165 Å². The lowest BCUT2D eigenvalue weighted by Gasteiger charge is -2.20. The first-order valence-electron chi connectivity index (χ1n) is 9.39. The van der Waals surface area contributed by atoms with E-state index in [0.717, 1.165) is 5.69 Å². The molecule has 0 radical (unpaired) electrons. The van der Waals surface area contributed by atoms with Crippen LogP contribution in [0.25, 0.3) is 31.8 Å². The molecule has 0 aliphatic rings. The zero-order chi connectivity index (χ0) is 19.2. The minimum Gasteiger partial charge on any atom is -0.256 e. The van der Waals surface area contributed by atoms with E-state index >= 15 is 0 Å². The summed E-state index contributed by atoms with van der Waals surface area (Å²) in [5.41, 5.74) is 7.58. The molecule has 0 atom stereocenters. The standard InChI is InChI=1S/C25H25NS/c1-16-6-8-18(9-7-16)23-13-20-15-26-22(14-24(20)27-23)19-10-17(2)11-21(12-19)25(3,4)5/h6-15H,1-5H3. The van der Waals surface area contributed by atoms with Gasteiger partial charge in [-0.2, -0.15) is 0 Å². The second kappa shape index (κ2) is 6.61. The fourth-order valence-corrected chi connectivity index (χ4v) is 4.39. The number of aromatic nitrogens is 1. The second-order valence-electron chi connectivity index (χ2n) is 8.42. The quantitative estimate of drug-likeness (QED) is 0.354. The van der Waals surface area contributed by atoms with Crippen LogP contribution in [0.1, 0.15) is 37.5 Å². The van der Waals surface area contributed by atoms with E-state index in [1.54, 1.807) is 0 Å². The Bertz CT molecular complexity index is 1110. The van der Waals surface area contributed by atoms with E-state index in [2.05, 4.69) is 89.2 Å². The van der Waals surface area contributed by atoms with Gasteiger partial charge < -0.3 is 0 Å². The van der Waals surface area contributed by atoms with Crippen LogP contribution in [-0.4, -0.2) is 4.98 Å². The molecule has 1 nitrogen and oxygen atoms in total. The van der Waals surface area contributed by atoms with Crippen molar-refractivity contribution in [3.05, 3.63) is 77.5 Å². The summed E-state index contributed by atoms with van der Waals surface area (Å²) < 4.78 is 1.29. The summed E-state index contributed by atoms with van der Waals surface area (Å²) in [6.07, 6.45) is 2.01. The van der Waals surface area contributed by atoms with Crippen LogP contribution in [0.3, 0.4) is 0 Å². The molecule has 0 N–H and O–H groups in total. The Balaban J connectivity index is 1.78. The highest BCUT2D eigenvalue weighted by Crippen LogP contribution is 2.36. The molecule has 4 aromatic rings. The van der Waals surface area contributed by atoms with Gasteiger partial charge in [-0.25, -0.2) is 0 Å². The van der Waals surface area contributed by atoms with Gasteiger partial charge in [-0.15, -0.1) is 11.3 Å². The van der Waals surface area contributed by atoms with Crippen molar-refractivity contribution in [2.45, 2.75) is 40.0 Å². The summed E-state index contributed by atoms with van der Waals surface area (Å²) in [6.45, 7) is 11.1. The molecule has 2 heteroatoms. The maximum atomic E-state index is 4.77. The van der Waals surface area contributed by atoms with Crippen molar-refractivity contribution in [3.63, 3.8) is 0 Å². The number of thiophene rings is 1. The molecule has 2 heterocycles. The molecule has 0 aliphatic heterocycles. The first kappa shape index (κ1) is 17.9. The molecule has 0 fully saturated rings. The number of hydrogen-bond donors (Lipinski definition) is 0. The predicted octanol–water partition coefficient (Wildman–Crippen LogP) is 7.54. The van der Waals surface area contributed by atoms with Gasteiger partial charge in [0.05, 0.1) is 5.69 Å². The summed E-state index contributed by atoms with van der Waals surface area (Å²) in [7, 11) is 0. The zero-order valence-corrected chi connectivity index (χ0v) is 17.4. The fraction of sp³-hybridized carbons (Fsp3) is 0.240. The highest BCUT2D eigenvalue weighted by molar-refractivity contribution is 7.22. The van der Waals surface area contributed by atoms with E-state index in [4.69, 9.17) is 4.98 Å². The smallest absolute Gasteiger partial charge is 0.0716 e. The van der Waals surface area contributed by atoms with E-state index in [9.17, 15) is 0 Å². The summed E-state index contributed by atoms with van der Waals surface area (Å²) >= 11 is 1.84. The van der Waals surface area contributed by atoms with Crippen LogP contribution in [0.5, 0.6) is 0 Å². The molecule has 2 aromatic heterocycles. The maximum absolute atomic E-state index is 4.77. The van der Waals surface area contributed by atoms with Crippen molar-refractivity contribution in [1.29, 1.82) is 0 Å². The molecule has 0 bridgehead atoms. The monoisotopic (exact) mass is 371 g/mol. The molecular weight excluding hydrogens is 346 g/mol. The lowest BCUT2D eigenvalue weighted by Crippen LogP contribution is -2.11. The highest BCUT2D eigenvalue weighted by Gasteiger charge is 2.16. The van der Waals surface area contributed by atoms with Crippen LogP contribution in [-0.2, 0) is 5.41 Å². The molecule has 4 rings (SSSR count). The van der Waals surface area contributed by atoms with Gasteiger partial charge in [-0.05, 0) is 54.7 Å². The third-order valence-electron chi connectivity index (χ3n) is 4.98. The second-order valence-corrected chi connectivity index (χ2v) is 9.51. The minimum atomic E-state index is 0.131. The van der Waals surface area contributed by atoms with E-state index in [0.29, 0.717) is 0 Å². The Morgan fingerprint density at radius 2 is 1.52 bits per heavy atom. The first-order chi connectivity index (χ1) is 12.8. The average molecular weight is 372 g/mol. The topological polar surface area (TPSA) is 12.9 Å². The van der Waals surface area contributed by atoms with E-state index in [-0.39, 0.29) is 5.41 Å². The summed E-state index contributed by atoms with van der Waals surface area (Å²) in [5, 5.41) is 1.21. The third kappa shape index (κ3) is 3.68. The number of aryl methyl sites for hydroxylation is 2. The molecule has 136 valence electrons. The molecule has 0 unspecified atom stereocenters. The van der Waals surface area contributed by atoms with Crippen LogP contribution in [0.15, 0.2) is 60.8 Å². The van der Waals surface area contributed by atoms with E-state index in [1.807, 2.05) is 17.5 Å². The van der Waals surface area contributed by atoms with Gasteiger partial charge in [-0.1, -0.05) is 62.2 Å². The van der Waals surface area contributed by atoms with Crippen LogP contribution < -0.4 is 0 Å². The Kier molecular flexibility index (Phi) is 4.39. The predicted molar refractivity (Wildman–Crippen MR) is 119 cm³/mol. The molecule has 27 heavy (non-hydrogen) atoms. The Hall–Kier alpha value is -2.45. The number of nitrogens with zero attached hydrogens (tertiary/aromatic N) is 1. The summed E-state index contributed by atoms with van der Waals surface area (Å²) in [4.78, 5) is 6.06. The molecule has 0 saturated carbocycles. The van der Waals surface area contributed by atoms with Gasteiger partial charge >= 0.3 is 0 Å². The maximum Gasteiger partial charge on any atom is 0.0716 e. The Morgan fingerprint density at radius 1 is 0.778 bits per heavy atom. The van der Waals surface area contributed by atoms with Crippen LogP contribution >= 0.6 is 11.3 Å². The van der Waals surface area contributed by atoms with Crippen molar-refractivity contribution in [1.82, 2.24) is 4.98 Å². The molecule has 0 amide bonds. The lowest BCUT2D eigenvalue weighted by molar-refractivity contribution is 0.590. The van der Waals surface area contributed by atoms with Crippen molar-refractivity contribution in [3.8, 4) is 21.7 Å². The van der Waals surface area contributed by atoms with Crippen molar-refractivity contribution < 1.29 is 0 Å². The highest BCUT2D eigenvalue weighted by atomic mass is 32.1. The van der Waals surface area contributed by atoms with Gasteiger partial charge in [0.15, 0.2) is 0 Å². The van der Waals surface area contributed by atoms with Crippen molar-refractivity contribution in [2.24, 2.45) is 0 Å². The summed E-state index contributed by atoms with van der Waals surface area (Å²) in [6, 6.07) is 20.0. The number of benzene rings is 2. The zero-order valence-electron chi connectivity index (χ0n) is 16.6. The Morgan fingerprint density at radius 3 is 2.22 bits per heavy atom. The van der Waals surface area contributed by atoms with Crippen molar-refractivity contribution >= 4 is 21.4 Å². The number of fused-ring (bicyclic) bond motifs is 1. The minimum absolute atomic E-state index is 0.131. The van der Waals surface area contributed by atoms with Crippen molar-refractivity contribution in [2.75, 3.05) is 0 Å². The number of rotatable bonds is 2. The molecule has 0 spiro atoms. The van der Waals surface area contributed by atoms with Gasteiger partial charge in [0.2, 0.25) is 0 Å². The number of hydrogen-bond acceptors (Lipinski definition) is 2. The van der Waals surface area contributed by atoms with Crippen LogP contribution in [0, 0.1) is 13.8 Å². The van der Waals surface area contributed by atoms with Gasteiger partial charge in [-0.3, -0.25) is 4.98 Å². The van der Waals surface area contributed by atoms with Gasteiger partial charge in [0, 0.05) is 26.7 Å². The average Bonchev–Trinajstić information content (AvgIpc) is 3.04. The fourth-order valence-electron chi connectivity index (χ4n) is 3.32. The third-order valence-corrected chi connectivity index (χ3v) is 6.12. The first-order valence-corrected chi connectivity index (χ1v) is 10.2. The molecule has 2 aromatic carbocycles. The largest absolute Gasteiger partial charge is 0.256 e. The SMILES string of the molecule is Cc1ccc(-c2cc3cnc(-c4cc(C)cc(C(C)(C)C)c4)cc3s2)cc1. The molecule has 0 saturated heterocycles. The van der Waals surface area contributed by atoms with E-state index in [1.165, 1.54) is 42.8 Å². The molecule has 0 aliphatic carbocycles. The molecular formula is C25H25NS. The van der Waals surface area contributed by atoms with Crippen LogP contribution in [0.4, 0.5) is 0 Å². The van der Waals surface area contributed by atoms with Gasteiger partial charge in [0.25, 0.3) is 0 Å². The lowest BCUT2D eigenvalue weighted by atomic mass is 9.85.